The van der Waals surface area contributed by atoms with Crippen LogP contribution in [-0.4, -0.2) is 43.1 Å². The van der Waals surface area contributed by atoms with Gasteiger partial charge < -0.3 is 14.4 Å². The van der Waals surface area contributed by atoms with Crippen molar-refractivity contribution in [3.05, 3.63) is 29.3 Å². The fourth-order valence-electron chi connectivity index (χ4n) is 3.15. The van der Waals surface area contributed by atoms with Crippen LogP contribution in [0.5, 0.6) is 5.75 Å². The van der Waals surface area contributed by atoms with Crippen LogP contribution in [0.4, 0.5) is 0 Å². The van der Waals surface area contributed by atoms with Crippen molar-refractivity contribution in [2.45, 2.75) is 51.0 Å². The molecule has 2 rings (SSSR count). The second-order valence-electron chi connectivity index (χ2n) is 6.30. The molecule has 6 heteroatoms. The lowest BCUT2D eigenvalue weighted by Crippen LogP contribution is -2.44. The molecular formula is C19H26ClNO4. The number of hydrogen-bond donors (Lipinski definition) is 0. The Kier molecular flexibility index (Phi) is 8.06. The molecule has 138 valence electrons. The van der Waals surface area contributed by atoms with E-state index in [0.717, 1.165) is 25.7 Å². The van der Waals surface area contributed by atoms with Gasteiger partial charge in [-0.2, -0.15) is 0 Å². The Hall–Kier alpha value is -1.75. The van der Waals surface area contributed by atoms with Crippen molar-refractivity contribution in [3.8, 4) is 5.75 Å². The van der Waals surface area contributed by atoms with Crippen molar-refractivity contribution in [1.29, 1.82) is 0 Å². The SMILES string of the molecule is COC(=O)CCN(C(=O)COc1ccc(Cl)cc1)C1CCCCCC1. The summed E-state index contributed by atoms with van der Waals surface area (Å²) < 4.78 is 10.3. The van der Waals surface area contributed by atoms with Gasteiger partial charge in [-0.25, -0.2) is 0 Å². The largest absolute Gasteiger partial charge is 0.484 e. The minimum atomic E-state index is -0.301. The van der Waals surface area contributed by atoms with Gasteiger partial charge in [-0.1, -0.05) is 37.3 Å². The second kappa shape index (κ2) is 10.3. The van der Waals surface area contributed by atoms with Crippen molar-refractivity contribution in [3.63, 3.8) is 0 Å². The lowest BCUT2D eigenvalue weighted by Gasteiger charge is -2.31. The zero-order chi connectivity index (χ0) is 18.1. The number of ether oxygens (including phenoxy) is 2. The number of methoxy groups -OCH3 is 1. The molecular weight excluding hydrogens is 342 g/mol. The molecule has 0 heterocycles. The molecule has 1 aliphatic rings. The van der Waals surface area contributed by atoms with E-state index in [1.54, 1.807) is 29.2 Å². The quantitative estimate of drug-likeness (QED) is 0.542. The molecule has 0 radical (unpaired) electrons. The van der Waals surface area contributed by atoms with E-state index in [1.165, 1.54) is 20.0 Å². The summed E-state index contributed by atoms with van der Waals surface area (Å²) in [6.45, 7) is 0.333. The van der Waals surface area contributed by atoms with E-state index in [1.807, 2.05) is 0 Å². The highest BCUT2D eigenvalue weighted by Crippen LogP contribution is 2.23. The smallest absolute Gasteiger partial charge is 0.307 e. The molecule has 0 atom stereocenters. The van der Waals surface area contributed by atoms with Gasteiger partial charge in [0.25, 0.3) is 5.91 Å². The van der Waals surface area contributed by atoms with E-state index < -0.39 is 0 Å². The van der Waals surface area contributed by atoms with Crippen molar-refractivity contribution in [2.75, 3.05) is 20.3 Å². The average molecular weight is 368 g/mol. The van der Waals surface area contributed by atoms with Crippen LogP contribution in [0.25, 0.3) is 0 Å². The van der Waals surface area contributed by atoms with E-state index in [4.69, 9.17) is 21.1 Å². The van der Waals surface area contributed by atoms with Crippen LogP contribution in [-0.2, 0) is 14.3 Å². The van der Waals surface area contributed by atoms with Crippen molar-refractivity contribution >= 4 is 23.5 Å². The molecule has 0 saturated heterocycles. The summed E-state index contributed by atoms with van der Waals surface area (Å²) >= 11 is 5.85. The third-order valence-electron chi connectivity index (χ3n) is 4.55. The Bertz CT molecular complexity index is 553. The van der Waals surface area contributed by atoms with Crippen LogP contribution in [0.2, 0.25) is 5.02 Å². The molecule has 0 spiro atoms. The summed E-state index contributed by atoms with van der Waals surface area (Å²) in [5.74, 6) is 0.210. The lowest BCUT2D eigenvalue weighted by molar-refractivity contribution is -0.143. The standard InChI is InChI=1S/C19H26ClNO4/c1-24-19(23)12-13-21(16-6-4-2-3-5-7-16)18(22)14-25-17-10-8-15(20)9-11-17/h8-11,16H,2-7,12-14H2,1H3. The summed E-state index contributed by atoms with van der Waals surface area (Å²) in [6.07, 6.45) is 6.81. The number of nitrogens with zero attached hydrogens (tertiary/aromatic N) is 1. The monoisotopic (exact) mass is 367 g/mol. The first-order chi connectivity index (χ1) is 12.1. The maximum atomic E-state index is 12.7. The molecule has 1 saturated carbocycles. The van der Waals surface area contributed by atoms with Gasteiger partial charge in [0.2, 0.25) is 0 Å². The third-order valence-corrected chi connectivity index (χ3v) is 4.80. The van der Waals surface area contributed by atoms with Crippen LogP contribution in [0.1, 0.15) is 44.9 Å². The number of benzene rings is 1. The minimum Gasteiger partial charge on any atom is -0.484 e. The maximum Gasteiger partial charge on any atom is 0.307 e. The normalized spacial score (nSPS) is 15.3. The average Bonchev–Trinajstić information content (AvgIpc) is 2.90. The molecule has 1 aromatic rings. The summed E-state index contributed by atoms with van der Waals surface area (Å²) in [5.41, 5.74) is 0. The van der Waals surface area contributed by atoms with Crippen molar-refractivity contribution < 1.29 is 19.1 Å². The Morgan fingerprint density at radius 1 is 1.12 bits per heavy atom. The first-order valence-electron chi connectivity index (χ1n) is 8.85. The van der Waals surface area contributed by atoms with E-state index in [-0.39, 0.29) is 30.9 Å². The van der Waals surface area contributed by atoms with Crippen LogP contribution >= 0.6 is 11.6 Å². The van der Waals surface area contributed by atoms with Crippen LogP contribution < -0.4 is 4.74 Å². The summed E-state index contributed by atoms with van der Waals surface area (Å²) in [7, 11) is 1.36. The van der Waals surface area contributed by atoms with Gasteiger partial charge >= 0.3 is 5.97 Å². The maximum absolute atomic E-state index is 12.7. The Morgan fingerprint density at radius 3 is 2.36 bits per heavy atom. The third kappa shape index (κ3) is 6.58. The fourth-order valence-corrected chi connectivity index (χ4v) is 3.28. The molecule has 0 bridgehead atoms. The molecule has 1 aromatic carbocycles. The highest BCUT2D eigenvalue weighted by molar-refractivity contribution is 6.30. The zero-order valence-electron chi connectivity index (χ0n) is 14.7. The Labute approximate surface area is 154 Å². The van der Waals surface area contributed by atoms with Gasteiger partial charge in [0.05, 0.1) is 13.5 Å². The highest BCUT2D eigenvalue weighted by Gasteiger charge is 2.25. The van der Waals surface area contributed by atoms with E-state index in [9.17, 15) is 9.59 Å². The number of hydrogen-bond acceptors (Lipinski definition) is 4. The molecule has 0 N–H and O–H groups in total. The van der Waals surface area contributed by atoms with Gasteiger partial charge in [-0.15, -0.1) is 0 Å². The van der Waals surface area contributed by atoms with E-state index >= 15 is 0 Å². The van der Waals surface area contributed by atoms with Gasteiger partial charge in [0.1, 0.15) is 5.75 Å². The summed E-state index contributed by atoms with van der Waals surface area (Å²) in [6, 6.07) is 7.09. The second-order valence-corrected chi connectivity index (χ2v) is 6.74. The molecule has 0 aliphatic heterocycles. The number of carbonyl (C=O) groups excluding carboxylic acids is 2. The molecule has 1 amide bonds. The number of halogens is 1. The number of amides is 1. The van der Waals surface area contributed by atoms with E-state index in [2.05, 4.69) is 0 Å². The van der Waals surface area contributed by atoms with Crippen molar-refractivity contribution in [1.82, 2.24) is 4.90 Å². The Balaban J connectivity index is 1.97. The summed E-state index contributed by atoms with van der Waals surface area (Å²) in [5, 5.41) is 0.622. The van der Waals surface area contributed by atoms with Gasteiger partial charge in [0.15, 0.2) is 6.61 Å². The van der Waals surface area contributed by atoms with Crippen LogP contribution in [0, 0.1) is 0 Å². The molecule has 0 aromatic heterocycles. The molecule has 1 aliphatic carbocycles. The predicted molar refractivity (Wildman–Crippen MR) is 96.8 cm³/mol. The summed E-state index contributed by atoms with van der Waals surface area (Å²) in [4.78, 5) is 26.0. The first kappa shape index (κ1) is 19.6. The van der Waals surface area contributed by atoms with Crippen molar-refractivity contribution in [2.24, 2.45) is 0 Å². The van der Waals surface area contributed by atoms with Crippen LogP contribution in [0.15, 0.2) is 24.3 Å². The topological polar surface area (TPSA) is 55.8 Å². The van der Waals surface area contributed by atoms with Gasteiger partial charge in [-0.3, -0.25) is 9.59 Å². The lowest BCUT2D eigenvalue weighted by atomic mass is 10.1. The van der Waals surface area contributed by atoms with Crippen LogP contribution in [0.3, 0.4) is 0 Å². The minimum absolute atomic E-state index is 0.0424. The number of carbonyl (C=O) groups is 2. The molecule has 5 nitrogen and oxygen atoms in total. The highest BCUT2D eigenvalue weighted by atomic mass is 35.5. The fraction of sp³-hybridized carbons (Fsp3) is 0.579. The van der Waals surface area contributed by atoms with Gasteiger partial charge in [0, 0.05) is 17.6 Å². The number of rotatable bonds is 7. The predicted octanol–water partition coefficient (Wildman–Crippen LogP) is 3.83. The Morgan fingerprint density at radius 2 is 1.76 bits per heavy atom. The van der Waals surface area contributed by atoms with Gasteiger partial charge in [-0.05, 0) is 37.1 Å². The molecule has 1 fully saturated rings. The molecule has 25 heavy (non-hydrogen) atoms. The van der Waals surface area contributed by atoms with E-state index in [0.29, 0.717) is 17.3 Å². The number of esters is 1. The molecule has 0 unspecified atom stereocenters. The zero-order valence-corrected chi connectivity index (χ0v) is 15.5. The first-order valence-corrected chi connectivity index (χ1v) is 9.22.